The molecule has 2 aromatic rings. The van der Waals surface area contributed by atoms with Crippen LogP contribution in [-0.4, -0.2) is 21.0 Å². The molecule has 1 amide bonds. The van der Waals surface area contributed by atoms with Gasteiger partial charge < -0.3 is 15.2 Å². The van der Waals surface area contributed by atoms with Gasteiger partial charge in [0.25, 0.3) is 5.56 Å². The zero-order chi connectivity index (χ0) is 17.4. The molecule has 0 aliphatic carbocycles. The number of carbonyl (C=O) groups is 2. The molecule has 1 aromatic carbocycles. The van der Waals surface area contributed by atoms with E-state index >= 15 is 0 Å². The van der Waals surface area contributed by atoms with E-state index in [1.165, 1.54) is 11.6 Å². The van der Waals surface area contributed by atoms with Crippen molar-refractivity contribution in [1.29, 1.82) is 0 Å². The highest BCUT2D eigenvalue weighted by atomic mass is 16.4. The summed E-state index contributed by atoms with van der Waals surface area (Å²) >= 11 is 0. The number of nitrogens with one attached hydrogen (secondary N) is 1. The van der Waals surface area contributed by atoms with Crippen LogP contribution in [-0.2, 0) is 23.2 Å². The molecule has 0 radical (unpaired) electrons. The van der Waals surface area contributed by atoms with E-state index in [2.05, 4.69) is 5.32 Å². The Morgan fingerprint density at radius 3 is 2.50 bits per heavy atom. The molecule has 8 nitrogen and oxygen atoms in total. The molecule has 1 atom stereocenters. The number of hydrogen-bond donors (Lipinski definition) is 1. The number of carbonyl (C=O) groups excluding carboxylic acids is 2. The molecular weight excluding hydrogens is 314 g/mol. The van der Waals surface area contributed by atoms with Crippen molar-refractivity contribution in [3.8, 4) is 0 Å². The normalized spacial score (nSPS) is 15.9. The van der Waals surface area contributed by atoms with Gasteiger partial charge in [0.15, 0.2) is 0 Å². The zero-order valence-electron chi connectivity index (χ0n) is 12.8. The summed E-state index contributed by atoms with van der Waals surface area (Å²) in [7, 11) is 1.30. The van der Waals surface area contributed by atoms with Gasteiger partial charge in [-0.05, 0) is 5.56 Å². The fourth-order valence-electron chi connectivity index (χ4n) is 2.85. The monoisotopic (exact) mass is 328 g/mol. The Labute approximate surface area is 136 Å². The molecule has 0 spiro atoms. The Hall–Kier alpha value is -3.16. The summed E-state index contributed by atoms with van der Waals surface area (Å²) < 4.78 is 2.14. The van der Waals surface area contributed by atoms with E-state index in [0.29, 0.717) is 0 Å². The lowest BCUT2D eigenvalue weighted by atomic mass is 9.99. The molecule has 3 rings (SSSR count). The van der Waals surface area contributed by atoms with E-state index in [0.717, 1.165) is 10.1 Å². The molecule has 0 fully saturated rings. The lowest BCUT2D eigenvalue weighted by molar-refractivity contribution is -0.306. The van der Waals surface area contributed by atoms with Crippen LogP contribution in [0.5, 0.6) is 0 Å². The summed E-state index contributed by atoms with van der Waals surface area (Å²) in [6, 6.07) is 9.05. The van der Waals surface area contributed by atoms with Crippen molar-refractivity contribution in [2.75, 3.05) is 5.32 Å². The molecule has 0 saturated heterocycles. The topological polar surface area (TPSA) is 113 Å². The van der Waals surface area contributed by atoms with Gasteiger partial charge in [0, 0.05) is 19.4 Å². The first-order valence-corrected chi connectivity index (χ1v) is 7.28. The van der Waals surface area contributed by atoms with Crippen molar-refractivity contribution in [1.82, 2.24) is 9.13 Å². The molecule has 124 valence electrons. The van der Waals surface area contributed by atoms with Gasteiger partial charge in [-0.1, -0.05) is 30.3 Å². The fourth-order valence-corrected chi connectivity index (χ4v) is 2.85. The number of fused-ring (bicyclic) bond motifs is 1. The van der Waals surface area contributed by atoms with Crippen LogP contribution in [0.3, 0.4) is 0 Å². The summed E-state index contributed by atoms with van der Waals surface area (Å²) in [6.45, 7) is 0.147. The number of carboxylic acid groups (broad SMARTS) is 1. The molecule has 2 heterocycles. The average molecular weight is 328 g/mol. The molecule has 24 heavy (non-hydrogen) atoms. The average Bonchev–Trinajstić information content (AvgIpc) is 2.86. The Morgan fingerprint density at radius 1 is 1.21 bits per heavy atom. The van der Waals surface area contributed by atoms with Gasteiger partial charge in [-0.2, -0.15) is 0 Å². The van der Waals surface area contributed by atoms with E-state index in [1.54, 1.807) is 24.3 Å². The number of rotatable bonds is 4. The van der Waals surface area contributed by atoms with Crippen LogP contribution in [0, 0.1) is 0 Å². The maximum atomic E-state index is 12.4. The number of carboxylic acids is 1. The number of nitrogens with zero attached hydrogens (tertiary/aromatic N) is 2. The summed E-state index contributed by atoms with van der Waals surface area (Å²) in [6.07, 6.45) is -0.613. The second kappa shape index (κ2) is 5.80. The van der Waals surface area contributed by atoms with Crippen LogP contribution in [0.1, 0.15) is 23.5 Å². The van der Waals surface area contributed by atoms with Gasteiger partial charge in [0.1, 0.15) is 5.82 Å². The zero-order valence-corrected chi connectivity index (χ0v) is 12.8. The van der Waals surface area contributed by atoms with Crippen molar-refractivity contribution < 1.29 is 14.7 Å². The van der Waals surface area contributed by atoms with E-state index in [1.807, 2.05) is 6.07 Å². The first kappa shape index (κ1) is 15.7. The second-order valence-corrected chi connectivity index (χ2v) is 5.60. The maximum absolute atomic E-state index is 12.4. The van der Waals surface area contributed by atoms with Gasteiger partial charge in [-0.3, -0.25) is 18.7 Å². The molecule has 0 unspecified atom stereocenters. The van der Waals surface area contributed by atoms with Crippen LogP contribution < -0.4 is 21.7 Å². The molecule has 1 N–H and O–H groups in total. The molecule has 1 aliphatic heterocycles. The highest BCUT2D eigenvalue weighted by Gasteiger charge is 2.36. The van der Waals surface area contributed by atoms with Gasteiger partial charge in [0.05, 0.1) is 18.0 Å². The molecule has 1 aliphatic rings. The first-order chi connectivity index (χ1) is 11.4. The molecule has 0 saturated carbocycles. The summed E-state index contributed by atoms with van der Waals surface area (Å²) in [5.74, 6) is -3.17. The number of amides is 1. The summed E-state index contributed by atoms with van der Waals surface area (Å²) in [5, 5.41) is 13.4. The molecule has 1 aromatic heterocycles. The van der Waals surface area contributed by atoms with Crippen molar-refractivity contribution >= 4 is 17.7 Å². The van der Waals surface area contributed by atoms with Crippen LogP contribution in [0.25, 0.3) is 0 Å². The van der Waals surface area contributed by atoms with Crippen molar-refractivity contribution in [2.45, 2.75) is 18.9 Å². The highest BCUT2D eigenvalue weighted by Crippen LogP contribution is 2.31. The minimum Gasteiger partial charge on any atom is -0.550 e. The summed E-state index contributed by atoms with van der Waals surface area (Å²) in [5.41, 5.74) is -0.471. The highest BCUT2D eigenvalue weighted by molar-refractivity contribution is 6.03. The number of hydrogen-bond acceptors (Lipinski definition) is 5. The van der Waals surface area contributed by atoms with E-state index in [4.69, 9.17) is 0 Å². The van der Waals surface area contributed by atoms with Crippen LogP contribution >= 0.6 is 0 Å². The Kier molecular flexibility index (Phi) is 3.80. The summed E-state index contributed by atoms with van der Waals surface area (Å²) in [4.78, 5) is 47.8. The third kappa shape index (κ3) is 2.51. The third-order valence-corrected chi connectivity index (χ3v) is 4.04. The number of benzene rings is 1. The van der Waals surface area contributed by atoms with Crippen LogP contribution in [0.4, 0.5) is 5.82 Å². The van der Waals surface area contributed by atoms with Crippen molar-refractivity contribution in [3.63, 3.8) is 0 Å². The number of aromatic nitrogens is 2. The minimum absolute atomic E-state index is 0.0118. The quantitative estimate of drug-likeness (QED) is 0.755. The number of aliphatic carboxylic acids is 1. The number of anilines is 1. The predicted octanol–water partition coefficient (Wildman–Crippen LogP) is -1.23. The largest absolute Gasteiger partial charge is 0.550 e. The standard InChI is InChI=1S/C16H15N3O5/c1-18-15(23)12-10(7-11(20)21)14(22)17-13(12)19(16(18)24)8-9-5-3-2-4-6-9/h2-6,10H,7-8H2,1H3,(H,17,22)(H,20,21)/p-1/t10-/m0/s1. The van der Waals surface area contributed by atoms with Crippen LogP contribution in [0.2, 0.25) is 0 Å². The smallest absolute Gasteiger partial charge is 0.332 e. The van der Waals surface area contributed by atoms with Gasteiger partial charge in [-0.25, -0.2) is 4.79 Å². The Bertz CT molecular complexity index is 943. The van der Waals surface area contributed by atoms with E-state index < -0.39 is 35.5 Å². The molecular formula is C16H14N3O5-. The van der Waals surface area contributed by atoms with Gasteiger partial charge in [0.2, 0.25) is 5.91 Å². The van der Waals surface area contributed by atoms with Crippen molar-refractivity contribution in [2.24, 2.45) is 7.05 Å². The van der Waals surface area contributed by atoms with Gasteiger partial charge >= 0.3 is 5.69 Å². The Morgan fingerprint density at radius 2 is 1.88 bits per heavy atom. The van der Waals surface area contributed by atoms with Gasteiger partial charge in [-0.15, -0.1) is 0 Å². The maximum Gasteiger partial charge on any atom is 0.332 e. The SMILES string of the molecule is Cn1c(=O)c2c(n(Cc3ccccc3)c1=O)NC(=O)[C@H]2CC(=O)[O-]. The fraction of sp³-hybridized carbons (Fsp3) is 0.250. The molecule has 0 bridgehead atoms. The van der Waals surface area contributed by atoms with Crippen molar-refractivity contribution in [3.05, 3.63) is 62.3 Å². The minimum atomic E-state index is -1.44. The first-order valence-electron chi connectivity index (χ1n) is 7.28. The lowest BCUT2D eigenvalue weighted by Gasteiger charge is -2.14. The van der Waals surface area contributed by atoms with Crippen LogP contribution in [0.15, 0.2) is 39.9 Å². The van der Waals surface area contributed by atoms with E-state index in [9.17, 15) is 24.3 Å². The Balaban J connectivity index is 2.19. The second-order valence-electron chi connectivity index (χ2n) is 5.60. The molecule has 8 heteroatoms. The lowest BCUT2D eigenvalue weighted by Crippen LogP contribution is -2.40. The van der Waals surface area contributed by atoms with E-state index in [-0.39, 0.29) is 17.9 Å². The predicted molar refractivity (Wildman–Crippen MR) is 82.5 cm³/mol. The third-order valence-electron chi connectivity index (χ3n) is 4.04.